The van der Waals surface area contributed by atoms with E-state index in [1.165, 1.54) is 57.8 Å². The van der Waals surface area contributed by atoms with Crippen molar-refractivity contribution in [1.82, 2.24) is 0 Å². The van der Waals surface area contributed by atoms with E-state index in [0.29, 0.717) is 32.1 Å². The minimum absolute atomic E-state index is 0.0981. The molecule has 8 atom stereocenters. The molecule has 0 aromatic rings. The van der Waals surface area contributed by atoms with Crippen molar-refractivity contribution in [2.24, 2.45) is 17.8 Å². The molecule has 0 saturated heterocycles. The maximum absolute atomic E-state index is 12.7. The molecule has 1 unspecified atom stereocenters. The highest BCUT2D eigenvalue weighted by Crippen LogP contribution is 2.43. The molecule has 1 aliphatic carbocycles. The number of ether oxygens (including phenoxy) is 2. The zero-order chi connectivity index (χ0) is 43.0. The fourth-order valence-electron chi connectivity index (χ4n) is 7.39. The summed E-state index contributed by atoms with van der Waals surface area (Å²) in [5.41, 5.74) is 0. The summed E-state index contributed by atoms with van der Waals surface area (Å²) in [6.45, 7) is 4.37. The maximum atomic E-state index is 12.7. The Balaban J connectivity index is 2.42. The van der Waals surface area contributed by atoms with E-state index >= 15 is 0 Å². The number of phosphoric acid groups is 1. The first kappa shape index (κ1) is 54.6. The van der Waals surface area contributed by atoms with Crippen LogP contribution >= 0.6 is 7.82 Å². The summed E-state index contributed by atoms with van der Waals surface area (Å²) < 4.78 is 32.8. The molecule has 0 spiro atoms. The SMILES string of the molecule is CCCCC[C@H](O)/C=C/[C@@H]1[C@@H](CCCCCCC(=O)OC[C@H](COP(=O)(O)OC[C@@H](O)CO)OC(=O)CCCCCCCCCCCCCCC(C)C)[C@@H](O)C[C@H]1O. The van der Waals surface area contributed by atoms with Crippen LogP contribution in [0.4, 0.5) is 0 Å². The third-order valence-electron chi connectivity index (χ3n) is 10.9. The van der Waals surface area contributed by atoms with Gasteiger partial charge in [0.1, 0.15) is 12.7 Å². The van der Waals surface area contributed by atoms with Gasteiger partial charge in [-0.1, -0.05) is 148 Å². The summed E-state index contributed by atoms with van der Waals surface area (Å²) in [6, 6.07) is 0. The highest BCUT2D eigenvalue weighted by atomic mass is 31.2. The van der Waals surface area contributed by atoms with Gasteiger partial charge in [0.05, 0.1) is 38.1 Å². The van der Waals surface area contributed by atoms with Crippen LogP contribution in [0.1, 0.15) is 181 Å². The molecule has 0 bridgehead atoms. The molecule has 0 aromatic carbocycles. The lowest BCUT2D eigenvalue weighted by Crippen LogP contribution is -2.29. The Kier molecular flexibility index (Phi) is 32.2. The third-order valence-corrected chi connectivity index (χ3v) is 11.9. The van der Waals surface area contributed by atoms with Crippen molar-refractivity contribution in [1.29, 1.82) is 0 Å². The number of rotatable bonds is 38. The lowest BCUT2D eigenvalue weighted by atomic mass is 9.88. The zero-order valence-electron chi connectivity index (χ0n) is 36.3. The van der Waals surface area contributed by atoms with E-state index in [1.807, 2.05) is 6.08 Å². The summed E-state index contributed by atoms with van der Waals surface area (Å²) in [6.07, 6.45) is 22.5. The topological polar surface area (TPSA) is 210 Å². The van der Waals surface area contributed by atoms with Crippen LogP contribution < -0.4 is 0 Å². The minimum Gasteiger partial charge on any atom is -0.462 e. The second kappa shape index (κ2) is 34.2. The lowest BCUT2D eigenvalue weighted by molar-refractivity contribution is -0.161. The van der Waals surface area contributed by atoms with E-state index < -0.39 is 70.1 Å². The van der Waals surface area contributed by atoms with Crippen molar-refractivity contribution in [3.8, 4) is 0 Å². The largest absolute Gasteiger partial charge is 0.472 e. The van der Waals surface area contributed by atoms with Crippen LogP contribution in [0.25, 0.3) is 0 Å². The fraction of sp³-hybridized carbons (Fsp3) is 0.909. The summed E-state index contributed by atoms with van der Waals surface area (Å²) in [4.78, 5) is 35.2. The van der Waals surface area contributed by atoms with Gasteiger partial charge in [-0.3, -0.25) is 18.6 Å². The van der Waals surface area contributed by atoms with Gasteiger partial charge in [-0.25, -0.2) is 4.57 Å². The molecule has 0 heterocycles. The molecule has 0 aliphatic heterocycles. The van der Waals surface area contributed by atoms with Crippen LogP contribution in [0.15, 0.2) is 12.2 Å². The van der Waals surface area contributed by atoms with Crippen LogP contribution in [0.5, 0.6) is 0 Å². The monoisotopic (exact) mass is 851 g/mol. The molecule has 342 valence electrons. The Morgan fingerprint density at radius 1 is 0.707 bits per heavy atom. The number of aliphatic hydroxyl groups excluding tert-OH is 5. The number of unbranched alkanes of at least 4 members (excludes halogenated alkanes) is 16. The smallest absolute Gasteiger partial charge is 0.462 e. The van der Waals surface area contributed by atoms with Crippen molar-refractivity contribution in [3.63, 3.8) is 0 Å². The van der Waals surface area contributed by atoms with Crippen LogP contribution in [-0.4, -0.2) is 99.3 Å². The predicted octanol–water partition coefficient (Wildman–Crippen LogP) is 8.24. The molecule has 1 aliphatic rings. The van der Waals surface area contributed by atoms with Gasteiger partial charge in [0, 0.05) is 25.2 Å². The van der Waals surface area contributed by atoms with Gasteiger partial charge >= 0.3 is 19.8 Å². The standard InChI is InChI=1S/C44H83O13P/c1-4-5-18-24-36(46)28-29-40-39(41(48)30-42(40)49)25-20-16-17-21-26-43(50)54-33-38(34-56-58(52,53)55-32-37(47)31-45)57-44(51)27-22-15-13-11-9-7-6-8-10-12-14-19-23-35(2)3/h28-29,35-42,45-49H,4-27,30-34H2,1-3H3,(H,52,53)/b29-28+/t36-,37-,38+,39+,40+,41-,42+/m0/s1. The van der Waals surface area contributed by atoms with Gasteiger partial charge in [0.25, 0.3) is 0 Å². The molecule has 14 heteroatoms. The molecule has 58 heavy (non-hydrogen) atoms. The lowest BCUT2D eigenvalue weighted by Gasteiger charge is -2.21. The molecule has 0 amide bonds. The van der Waals surface area contributed by atoms with Crippen LogP contribution in [0.2, 0.25) is 0 Å². The average Bonchev–Trinajstić information content (AvgIpc) is 3.45. The van der Waals surface area contributed by atoms with Crippen LogP contribution in [0, 0.1) is 17.8 Å². The number of esters is 2. The normalized spacial score (nSPS) is 21.0. The Morgan fingerprint density at radius 2 is 1.24 bits per heavy atom. The quantitative estimate of drug-likeness (QED) is 0.0150. The van der Waals surface area contributed by atoms with E-state index in [0.717, 1.165) is 63.7 Å². The zero-order valence-corrected chi connectivity index (χ0v) is 37.2. The second-order valence-electron chi connectivity index (χ2n) is 16.9. The molecule has 0 radical (unpaired) electrons. The molecule has 1 saturated carbocycles. The Labute approximate surface area is 350 Å². The summed E-state index contributed by atoms with van der Waals surface area (Å²) in [5, 5.41) is 49.7. The number of hydrogen-bond donors (Lipinski definition) is 6. The van der Waals surface area contributed by atoms with E-state index in [2.05, 4.69) is 25.3 Å². The third kappa shape index (κ3) is 28.9. The molecular weight excluding hydrogens is 767 g/mol. The van der Waals surface area contributed by atoms with Gasteiger partial charge in [0.15, 0.2) is 6.10 Å². The van der Waals surface area contributed by atoms with E-state index in [-0.39, 0.29) is 31.3 Å². The Hall–Kier alpha value is -1.41. The second-order valence-corrected chi connectivity index (χ2v) is 18.3. The molecular formula is C44H83O13P. The van der Waals surface area contributed by atoms with Gasteiger partial charge in [-0.05, 0) is 37.5 Å². The minimum atomic E-state index is -4.67. The summed E-state index contributed by atoms with van der Waals surface area (Å²) >= 11 is 0. The van der Waals surface area contributed by atoms with E-state index in [4.69, 9.17) is 19.1 Å². The fourth-order valence-corrected chi connectivity index (χ4v) is 8.18. The van der Waals surface area contributed by atoms with Crippen LogP contribution in [-0.2, 0) is 32.7 Å². The number of aliphatic hydroxyl groups is 5. The Morgan fingerprint density at radius 3 is 1.83 bits per heavy atom. The first-order chi connectivity index (χ1) is 27.8. The van der Waals surface area contributed by atoms with Crippen LogP contribution in [0.3, 0.4) is 0 Å². The van der Waals surface area contributed by atoms with Crippen molar-refractivity contribution in [2.75, 3.05) is 26.4 Å². The highest BCUT2D eigenvalue weighted by molar-refractivity contribution is 7.47. The summed E-state index contributed by atoms with van der Waals surface area (Å²) in [5.74, 6) is -0.573. The van der Waals surface area contributed by atoms with Crippen molar-refractivity contribution >= 4 is 19.8 Å². The maximum Gasteiger partial charge on any atom is 0.472 e. The molecule has 6 N–H and O–H groups in total. The van der Waals surface area contributed by atoms with Gasteiger partial charge in [-0.2, -0.15) is 0 Å². The molecule has 1 rings (SSSR count). The molecule has 13 nitrogen and oxygen atoms in total. The van der Waals surface area contributed by atoms with Gasteiger partial charge in [0.2, 0.25) is 0 Å². The number of carbonyl (C=O) groups is 2. The van der Waals surface area contributed by atoms with Crippen molar-refractivity contribution in [2.45, 2.75) is 212 Å². The number of phosphoric ester groups is 1. The first-order valence-corrected chi connectivity index (χ1v) is 24.3. The number of hydrogen-bond acceptors (Lipinski definition) is 12. The molecule has 1 fully saturated rings. The van der Waals surface area contributed by atoms with Crippen molar-refractivity contribution < 1.29 is 63.1 Å². The first-order valence-electron chi connectivity index (χ1n) is 22.8. The highest BCUT2D eigenvalue weighted by Gasteiger charge is 2.39. The predicted molar refractivity (Wildman–Crippen MR) is 226 cm³/mol. The van der Waals surface area contributed by atoms with E-state index in [1.54, 1.807) is 6.08 Å². The van der Waals surface area contributed by atoms with Gasteiger partial charge in [-0.15, -0.1) is 0 Å². The van der Waals surface area contributed by atoms with Gasteiger partial charge < -0.3 is 39.9 Å². The number of carbonyl (C=O) groups excluding carboxylic acids is 2. The summed E-state index contributed by atoms with van der Waals surface area (Å²) in [7, 11) is -4.67. The van der Waals surface area contributed by atoms with Crippen molar-refractivity contribution in [3.05, 3.63) is 12.2 Å². The molecule has 0 aromatic heterocycles. The Bertz CT molecular complexity index is 1110. The average molecular weight is 851 g/mol. The van der Waals surface area contributed by atoms with E-state index in [9.17, 15) is 39.5 Å².